The highest BCUT2D eigenvalue weighted by molar-refractivity contribution is 5.93. The van der Waals surface area contributed by atoms with Gasteiger partial charge in [0.05, 0.1) is 0 Å². The van der Waals surface area contributed by atoms with E-state index in [0.717, 1.165) is 30.1 Å². The van der Waals surface area contributed by atoms with Crippen molar-refractivity contribution >= 4 is 5.91 Å². The molecule has 2 N–H and O–H groups in total. The monoisotopic (exact) mass is 393 g/mol. The van der Waals surface area contributed by atoms with Crippen molar-refractivity contribution in [1.29, 1.82) is 0 Å². The van der Waals surface area contributed by atoms with Gasteiger partial charge in [0.25, 0.3) is 5.91 Å². The van der Waals surface area contributed by atoms with E-state index in [1.807, 2.05) is 0 Å². The summed E-state index contributed by atoms with van der Waals surface area (Å²) in [4.78, 5) is 16.5. The Balaban J connectivity index is 1.29. The smallest absolute Gasteiger partial charge is 0.269 e. The molecule has 4 heteroatoms. The number of carbonyl (C=O) groups excluding carboxylic acids is 1. The van der Waals surface area contributed by atoms with Crippen molar-refractivity contribution in [2.45, 2.75) is 71.6 Å². The van der Waals surface area contributed by atoms with Crippen LogP contribution in [0.1, 0.15) is 82.0 Å². The molecule has 1 amide bonds. The molecule has 3 saturated carbocycles. The fraction of sp³-hybridized carbons (Fsp3) is 0.680. The van der Waals surface area contributed by atoms with E-state index in [0.29, 0.717) is 11.0 Å². The topological polar surface area (TPSA) is 54.0 Å². The van der Waals surface area contributed by atoms with Crippen LogP contribution in [0.25, 0.3) is 0 Å². The first kappa shape index (κ1) is 19.1. The highest BCUT2D eigenvalue weighted by Crippen LogP contribution is 2.65. The molecule has 1 heterocycles. The summed E-state index contributed by atoms with van der Waals surface area (Å²) in [5, 5.41) is 0. The van der Waals surface area contributed by atoms with Gasteiger partial charge in [0.15, 0.2) is 0 Å². The van der Waals surface area contributed by atoms with E-state index in [-0.39, 0.29) is 11.3 Å². The van der Waals surface area contributed by atoms with Gasteiger partial charge >= 0.3 is 0 Å². The predicted octanol–water partition coefficient (Wildman–Crippen LogP) is 5.24. The molecule has 0 spiro atoms. The molecule has 0 unspecified atom stereocenters. The van der Waals surface area contributed by atoms with Crippen LogP contribution in [0.3, 0.4) is 0 Å². The molecule has 4 aliphatic rings. The molecule has 0 aliphatic heterocycles. The zero-order valence-corrected chi connectivity index (χ0v) is 17.9. The number of pyridine rings is 1. The fourth-order valence-corrected chi connectivity index (χ4v) is 7.76. The third kappa shape index (κ3) is 3.02. The summed E-state index contributed by atoms with van der Waals surface area (Å²) in [6.45, 7) is 5.07. The molecule has 4 aliphatic carbocycles. The third-order valence-electron chi connectivity index (χ3n) is 9.42. The number of rotatable bonds is 3. The van der Waals surface area contributed by atoms with Crippen molar-refractivity contribution < 1.29 is 4.79 Å². The van der Waals surface area contributed by atoms with Gasteiger partial charge < -0.3 is 5.43 Å². The van der Waals surface area contributed by atoms with Gasteiger partial charge in [0.1, 0.15) is 0 Å². The minimum atomic E-state index is -0.0933. The Morgan fingerprint density at radius 1 is 1.03 bits per heavy atom. The van der Waals surface area contributed by atoms with E-state index in [4.69, 9.17) is 0 Å². The first-order chi connectivity index (χ1) is 14.0. The normalized spacial score (nSPS) is 40.8. The Bertz CT molecular complexity index is 806. The van der Waals surface area contributed by atoms with Crippen LogP contribution in [-0.4, -0.2) is 10.9 Å². The number of nitrogens with one attached hydrogen (secondary N) is 2. The van der Waals surface area contributed by atoms with Crippen molar-refractivity contribution in [1.82, 2.24) is 15.8 Å². The molecule has 5 rings (SSSR count). The zero-order chi connectivity index (χ0) is 20.1. The Kier molecular flexibility index (Phi) is 4.71. The summed E-state index contributed by atoms with van der Waals surface area (Å²) in [7, 11) is 0. The average molecular weight is 394 g/mol. The molecule has 0 radical (unpaired) electrons. The van der Waals surface area contributed by atoms with Gasteiger partial charge in [-0.3, -0.25) is 15.2 Å². The van der Waals surface area contributed by atoms with Gasteiger partial charge in [-0.05, 0) is 86.2 Å². The Labute approximate surface area is 174 Å². The highest BCUT2D eigenvalue weighted by Gasteiger charge is 2.58. The zero-order valence-electron chi connectivity index (χ0n) is 17.9. The largest absolute Gasteiger partial charge is 0.302 e. The number of nitrogens with zero attached hydrogens (tertiary/aromatic N) is 1. The van der Waals surface area contributed by atoms with Crippen molar-refractivity contribution in [3.05, 3.63) is 41.9 Å². The van der Waals surface area contributed by atoms with Crippen LogP contribution in [0, 0.1) is 34.5 Å². The molecule has 1 aromatic heterocycles. The molecule has 29 heavy (non-hydrogen) atoms. The van der Waals surface area contributed by atoms with Gasteiger partial charge in [-0.25, -0.2) is 0 Å². The minimum absolute atomic E-state index is 0.0933. The summed E-state index contributed by atoms with van der Waals surface area (Å²) < 4.78 is 0. The summed E-state index contributed by atoms with van der Waals surface area (Å²) in [6.07, 6.45) is 18.1. The van der Waals surface area contributed by atoms with E-state index >= 15 is 0 Å². The summed E-state index contributed by atoms with van der Waals surface area (Å²) in [5.74, 6) is 3.34. The maximum absolute atomic E-state index is 12.5. The SMILES string of the molecule is C[C@@]12CCCC[C@H]1CC[C@H]1[C@H]2CC[C@]2(C)C(NNC(=O)c3ccncc3)=CC[C@@H]12. The molecule has 156 valence electrons. The number of carbonyl (C=O) groups is 1. The molecular weight excluding hydrogens is 358 g/mol. The maximum atomic E-state index is 12.5. The van der Waals surface area contributed by atoms with Crippen molar-refractivity contribution in [3.63, 3.8) is 0 Å². The van der Waals surface area contributed by atoms with Crippen LogP contribution in [0.4, 0.5) is 0 Å². The van der Waals surface area contributed by atoms with E-state index in [1.54, 1.807) is 24.5 Å². The van der Waals surface area contributed by atoms with Crippen LogP contribution < -0.4 is 10.9 Å². The lowest BCUT2D eigenvalue weighted by molar-refractivity contribution is -0.0997. The van der Waals surface area contributed by atoms with Crippen LogP contribution in [0.5, 0.6) is 0 Å². The van der Waals surface area contributed by atoms with Crippen LogP contribution >= 0.6 is 0 Å². The maximum Gasteiger partial charge on any atom is 0.269 e. The third-order valence-corrected chi connectivity index (χ3v) is 9.42. The summed E-state index contributed by atoms with van der Waals surface area (Å²) in [5.41, 5.74) is 8.88. The first-order valence-electron chi connectivity index (χ1n) is 11.7. The van der Waals surface area contributed by atoms with E-state index in [1.165, 1.54) is 57.1 Å². The number of hydrogen-bond donors (Lipinski definition) is 2. The van der Waals surface area contributed by atoms with E-state index in [9.17, 15) is 4.79 Å². The Morgan fingerprint density at radius 3 is 2.69 bits per heavy atom. The second kappa shape index (κ2) is 7.14. The fourth-order valence-electron chi connectivity index (χ4n) is 7.76. The van der Waals surface area contributed by atoms with Gasteiger partial charge in [-0.2, -0.15) is 0 Å². The standard InChI is InChI=1S/C25H35N3O/c1-24-13-4-3-5-18(24)6-7-19-20-8-9-22(25(20,2)14-10-21(19)24)27-28-23(29)17-11-15-26-16-12-17/h9,11-12,15-16,18-21,27H,3-8,10,13-14H2,1-2H3,(H,28,29)/t18-,19+,20-,21+,24+,25-/m0/s1. The minimum Gasteiger partial charge on any atom is -0.302 e. The Hall–Kier alpha value is -1.84. The lowest BCUT2D eigenvalue weighted by atomic mass is 9.45. The van der Waals surface area contributed by atoms with Crippen molar-refractivity contribution in [3.8, 4) is 0 Å². The lowest BCUT2D eigenvalue weighted by Gasteiger charge is -2.60. The van der Waals surface area contributed by atoms with Gasteiger partial charge in [-0.15, -0.1) is 0 Å². The highest BCUT2D eigenvalue weighted by atomic mass is 16.2. The quantitative estimate of drug-likeness (QED) is 0.690. The number of allylic oxidation sites excluding steroid dienone is 2. The molecule has 3 fully saturated rings. The molecule has 0 bridgehead atoms. The number of hydrogen-bond acceptors (Lipinski definition) is 3. The van der Waals surface area contributed by atoms with E-state index in [2.05, 4.69) is 35.8 Å². The average Bonchev–Trinajstić information content (AvgIpc) is 3.08. The van der Waals surface area contributed by atoms with Gasteiger partial charge in [0, 0.05) is 29.1 Å². The van der Waals surface area contributed by atoms with Crippen LogP contribution in [0.2, 0.25) is 0 Å². The van der Waals surface area contributed by atoms with Crippen molar-refractivity contribution in [2.24, 2.45) is 34.5 Å². The molecule has 4 nitrogen and oxygen atoms in total. The summed E-state index contributed by atoms with van der Waals surface area (Å²) in [6, 6.07) is 3.50. The molecule has 6 atom stereocenters. The number of amides is 1. The van der Waals surface area contributed by atoms with Crippen LogP contribution in [0.15, 0.2) is 36.3 Å². The predicted molar refractivity (Wildman–Crippen MR) is 115 cm³/mol. The second-order valence-corrected chi connectivity index (χ2v) is 10.5. The number of fused-ring (bicyclic) bond motifs is 5. The van der Waals surface area contributed by atoms with Gasteiger partial charge in [0.2, 0.25) is 0 Å². The molecule has 1 aromatic rings. The van der Waals surface area contributed by atoms with Crippen molar-refractivity contribution in [2.75, 3.05) is 0 Å². The first-order valence-corrected chi connectivity index (χ1v) is 11.7. The Morgan fingerprint density at radius 2 is 1.86 bits per heavy atom. The van der Waals surface area contributed by atoms with E-state index < -0.39 is 0 Å². The second-order valence-electron chi connectivity index (χ2n) is 10.5. The van der Waals surface area contributed by atoms with Crippen LogP contribution in [-0.2, 0) is 0 Å². The molecule has 0 aromatic carbocycles. The number of aromatic nitrogens is 1. The lowest BCUT2D eigenvalue weighted by Crippen LogP contribution is -2.53. The molecule has 0 saturated heterocycles. The molecular formula is C25H35N3O. The summed E-state index contributed by atoms with van der Waals surface area (Å²) >= 11 is 0. The van der Waals surface area contributed by atoms with Gasteiger partial charge in [-0.1, -0.05) is 32.8 Å². The number of hydrazine groups is 1.